The molecule has 1 aromatic carbocycles. The summed E-state index contributed by atoms with van der Waals surface area (Å²) in [7, 11) is 0. The van der Waals surface area contributed by atoms with Crippen molar-refractivity contribution < 1.29 is 4.42 Å². The van der Waals surface area contributed by atoms with Crippen LogP contribution >= 0.6 is 11.6 Å². The summed E-state index contributed by atoms with van der Waals surface area (Å²) < 4.78 is 7.71. The lowest BCUT2D eigenvalue weighted by Gasteiger charge is -2.16. The molecule has 0 amide bonds. The number of hydrogen-bond donors (Lipinski definition) is 0. The summed E-state index contributed by atoms with van der Waals surface area (Å²) in [6.07, 6.45) is 1.69. The Kier molecular flexibility index (Phi) is 3.30. The average molecular weight is 289 g/mol. The van der Waals surface area contributed by atoms with Crippen LogP contribution in [0.4, 0.5) is 0 Å². The first-order chi connectivity index (χ1) is 9.58. The predicted molar refractivity (Wildman–Crippen MR) is 81.3 cm³/mol. The number of benzene rings is 1. The lowest BCUT2D eigenvalue weighted by atomic mass is 10.2. The molecule has 0 aliphatic carbocycles. The van der Waals surface area contributed by atoms with Gasteiger partial charge in [-0.25, -0.2) is 4.98 Å². The summed E-state index contributed by atoms with van der Waals surface area (Å²) in [6.45, 7) is 6.13. The smallest absolute Gasteiger partial charge is 0.128 e. The first-order valence-corrected chi connectivity index (χ1v) is 7.17. The van der Waals surface area contributed by atoms with E-state index in [1.807, 2.05) is 25.1 Å². The van der Waals surface area contributed by atoms with Crippen LogP contribution in [0.5, 0.6) is 0 Å². The van der Waals surface area contributed by atoms with E-state index in [1.165, 1.54) is 5.56 Å². The number of hydrogen-bond acceptors (Lipinski definition) is 2. The van der Waals surface area contributed by atoms with E-state index < -0.39 is 0 Å². The molecule has 20 heavy (non-hydrogen) atoms. The van der Waals surface area contributed by atoms with Gasteiger partial charge in [0.15, 0.2) is 0 Å². The minimum Gasteiger partial charge on any atom is -0.467 e. The van der Waals surface area contributed by atoms with Crippen LogP contribution in [-0.2, 0) is 0 Å². The van der Waals surface area contributed by atoms with E-state index in [1.54, 1.807) is 6.26 Å². The lowest BCUT2D eigenvalue weighted by molar-refractivity contribution is 0.444. The lowest BCUT2D eigenvalue weighted by Crippen LogP contribution is -2.10. The standard InChI is InChI=1S/C16H17ClN2O/c1-10-6-7-13-14(9-10)19(16(18-13)11(2)17)12(3)15-5-4-8-20-15/h4-9,11-12H,1-3H3. The maximum Gasteiger partial charge on any atom is 0.128 e. The fourth-order valence-corrected chi connectivity index (χ4v) is 2.72. The van der Waals surface area contributed by atoms with Crippen molar-refractivity contribution in [3.8, 4) is 0 Å². The van der Waals surface area contributed by atoms with Gasteiger partial charge in [0.05, 0.1) is 28.7 Å². The Bertz CT molecular complexity index is 728. The van der Waals surface area contributed by atoms with Gasteiger partial charge >= 0.3 is 0 Å². The summed E-state index contributed by atoms with van der Waals surface area (Å²) in [4.78, 5) is 4.67. The van der Waals surface area contributed by atoms with Gasteiger partial charge in [-0.2, -0.15) is 0 Å². The number of aryl methyl sites for hydroxylation is 1. The van der Waals surface area contributed by atoms with Crippen molar-refractivity contribution in [3.05, 3.63) is 53.7 Å². The van der Waals surface area contributed by atoms with E-state index in [9.17, 15) is 0 Å². The molecule has 0 fully saturated rings. The quantitative estimate of drug-likeness (QED) is 0.645. The molecular formula is C16H17ClN2O. The van der Waals surface area contributed by atoms with E-state index in [4.69, 9.17) is 16.0 Å². The van der Waals surface area contributed by atoms with Crippen molar-refractivity contribution >= 4 is 22.6 Å². The fraction of sp³-hybridized carbons (Fsp3) is 0.312. The van der Waals surface area contributed by atoms with Crippen LogP contribution in [0.2, 0.25) is 0 Å². The van der Waals surface area contributed by atoms with Crippen LogP contribution in [0.3, 0.4) is 0 Å². The first kappa shape index (κ1) is 13.3. The molecule has 3 nitrogen and oxygen atoms in total. The van der Waals surface area contributed by atoms with E-state index in [0.29, 0.717) is 0 Å². The van der Waals surface area contributed by atoms with Crippen molar-refractivity contribution in [2.75, 3.05) is 0 Å². The molecule has 0 spiro atoms. The molecule has 0 aliphatic heterocycles. The number of furan rings is 1. The second-order valence-electron chi connectivity index (χ2n) is 5.14. The van der Waals surface area contributed by atoms with Crippen molar-refractivity contribution in [1.82, 2.24) is 9.55 Å². The number of aromatic nitrogens is 2. The SMILES string of the molecule is Cc1ccc2nc(C(C)Cl)n(C(C)c3ccco3)c2c1. The highest BCUT2D eigenvalue weighted by molar-refractivity contribution is 6.20. The van der Waals surface area contributed by atoms with Crippen molar-refractivity contribution in [1.29, 1.82) is 0 Å². The van der Waals surface area contributed by atoms with Crippen molar-refractivity contribution in [2.24, 2.45) is 0 Å². The summed E-state index contributed by atoms with van der Waals surface area (Å²) in [5.41, 5.74) is 3.27. The molecule has 0 saturated carbocycles. The third-order valence-electron chi connectivity index (χ3n) is 3.57. The minimum atomic E-state index is -0.153. The molecule has 0 aliphatic rings. The van der Waals surface area contributed by atoms with Crippen molar-refractivity contribution in [2.45, 2.75) is 32.2 Å². The zero-order valence-corrected chi connectivity index (χ0v) is 12.6. The number of halogens is 1. The van der Waals surface area contributed by atoms with E-state index >= 15 is 0 Å². The highest BCUT2D eigenvalue weighted by atomic mass is 35.5. The fourth-order valence-electron chi connectivity index (χ4n) is 2.57. The molecule has 3 rings (SSSR count). The largest absolute Gasteiger partial charge is 0.467 e. The first-order valence-electron chi connectivity index (χ1n) is 6.74. The van der Waals surface area contributed by atoms with Gasteiger partial charge in [-0.1, -0.05) is 6.07 Å². The summed E-state index contributed by atoms with van der Waals surface area (Å²) in [5.74, 6) is 1.78. The molecule has 0 saturated heterocycles. The third kappa shape index (κ3) is 2.12. The number of imidazole rings is 1. The van der Waals surface area contributed by atoms with Crippen LogP contribution in [0.1, 0.15) is 42.4 Å². The van der Waals surface area contributed by atoms with Gasteiger partial charge in [-0.05, 0) is 50.6 Å². The van der Waals surface area contributed by atoms with Gasteiger partial charge in [0.2, 0.25) is 0 Å². The molecule has 2 heterocycles. The summed E-state index contributed by atoms with van der Waals surface area (Å²) in [6, 6.07) is 10.2. The Balaban J connectivity index is 2.25. The van der Waals surface area contributed by atoms with Crippen LogP contribution in [-0.4, -0.2) is 9.55 Å². The maximum absolute atomic E-state index is 6.31. The summed E-state index contributed by atoms with van der Waals surface area (Å²) in [5, 5.41) is -0.153. The molecule has 2 unspecified atom stereocenters. The van der Waals surface area contributed by atoms with Gasteiger partial charge in [-0.3, -0.25) is 0 Å². The molecular weight excluding hydrogens is 272 g/mol. The number of rotatable bonds is 3. The number of fused-ring (bicyclic) bond motifs is 1. The third-order valence-corrected chi connectivity index (χ3v) is 3.77. The monoisotopic (exact) mass is 288 g/mol. The summed E-state index contributed by atoms with van der Waals surface area (Å²) >= 11 is 6.31. The maximum atomic E-state index is 6.31. The van der Waals surface area contributed by atoms with Crippen LogP contribution < -0.4 is 0 Å². The van der Waals surface area contributed by atoms with E-state index in [0.717, 1.165) is 22.6 Å². The highest BCUT2D eigenvalue weighted by Gasteiger charge is 2.21. The van der Waals surface area contributed by atoms with E-state index in [2.05, 4.69) is 35.5 Å². The predicted octanol–water partition coefficient (Wildman–Crippen LogP) is 4.85. The highest BCUT2D eigenvalue weighted by Crippen LogP contribution is 2.31. The molecule has 0 N–H and O–H groups in total. The van der Waals surface area contributed by atoms with Crippen LogP contribution in [0.15, 0.2) is 41.0 Å². The Morgan fingerprint density at radius 1 is 1.25 bits per heavy atom. The van der Waals surface area contributed by atoms with Gasteiger partial charge in [0.1, 0.15) is 11.6 Å². The van der Waals surface area contributed by atoms with Gasteiger partial charge < -0.3 is 8.98 Å². The zero-order chi connectivity index (χ0) is 14.3. The zero-order valence-electron chi connectivity index (χ0n) is 11.8. The second kappa shape index (κ2) is 4.98. The average Bonchev–Trinajstić information content (AvgIpc) is 3.04. The Morgan fingerprint density at radius 3 is 2.70 bits per heavy atom. The second-order valence-corrected chi connectivity index (χ2v) is 5.79. The molecule has 0 radical (unpaired) electrons. The van der Waals surface area contributed by atoms with Crippen LogP contribution in [0.25, 0.3) is 11.0 Å². The van der Waals surface area contributed by atoms with Gasteiger partial charge in [0, 0.05) is 0 Å². The van der Waals surface area contributed by atoms with Crippen LogP contribution in [0, 0.1) is 6.92 Å². The molecule has 104 valence electrons. The normalized spacial score (nSPS) is 14.6. The Morgan fingerprint density at radius 2 is 2.05 bits per heavy atom. The molecule has 0 bridgehead atoms. The molecule has 3 aromatic rings. The topological polar surface area (TPSA) is 31.0 Å². The molecule has 2 atom stereocenters. The van der Waals surface area contributed by atoms with Crippen molar-refractivity contribution in [3.63, 3.8) is 0 Å². The van der Waals surface area contributed by atoms with Gasteiger partial charge in [0.25, 0.3) is 0 Å². The number of alkyl halides is 1. The molecule has 2 aromatic heterocycles. The Labute approximate surface area is 123 Å². The minimum absolute atomic E-state index is 0.0630. The van der Waals surface area contributed by atoms with Gasteiger partial charge in [-0.15, -0.1) is 11.6 Å². The van der Waals surface area contributed by atoms with E-state index in [-0.39, 0.29) is 11.4 Å². The Hall–Kier alpha value is -1.74. The number of nitrogens with zero attached hydrogens (tertiary/aromatic N) is 2. The molecule has 4 heteroatoms.